The third-order valence-corrected chi connectivity index (χ3v) is 1.70. The van der Waals surface area contributed by atoms with Crippen molar-refractivity contribution in [2.75, 3.05) is 26.4 Å². The minimum Gasteiger partial charge on any atom is -0.396 e. The smallest absolute Gasteiger partial charge is 0.220 e. The monoisotopic (exact) mass is 203 g/mol. The molecule has 0 rings (SSSR count). The Hall–Kier alpha value is -0.610. The molecule has 0 aromatic heterocycles. The summed E-state index contributed by atoms with van der Waals surface area (Å²) in [6, 6.07) is 0. The predicted octanol–water partition coefficient (Wildman–Crippen LogP) is 0.692. The molecule has 14 heavy (non-hydrogen) atoms. The molecule has 0 aliphatic rings. The van der Waals surface area contributed by atoms with Crippen LogP contribution in [0.25, 0.3) is 0 Å². The molecule has 0 spiro atoms. The second-order valence-electron chi connectivity index (χ2n) is 3.14. The first-order valence-corrected chi connectivity index (χ1v) is 5.26. The van der Waals surface area contributed by atoms with Gasteiger partial charge in [-0.15, -0.1) is 0 Å². The van der Waals surface area contributed by atoms with Crippen molar-refractivity contribution in [1.29, 1.82) is 0 Å². The average Bonchev–Trinajstić information content (AvgIpc) is 2.20. The second kappa shape index (κ2) is 10.5. The zero-order valence-corrected chi connectivity index (χ0v) is 8.92. The van der Waals surface area contributed by atoms with Crippen molar-refractivity contribution < 1.29 is 14.6 Å². The number of carbonyl (C=O) groups is 1. The lowest BCUT2D eigenvalue weighted by atomic mass is 10.3. The highest BCUT2D eigenvalue weighted by Crippen LogP contribution is 1.88. The lowest BCUT2D eigenvalue weighted by molar-refractivity contribution is -0.121. The number of nitrogens with one attached hydrogen (secondary N) is 1. The van der Waals surface area contributed by atoms with E-state index in [1.54, 1.807) is 0 Å². The Bertz CT molecular complexity index is 139. The van der Waals surface area contributed by atoms with E-state index in [2.05, 4.69) is 12.2 Å². The summed E-state index contributed by atoms with van der Waals surface area (Å²) in [5.74, 6) is 0.00883. The molecular formula is C10H21NO3. The fourth-order valence-electron chi connectivity index (χ4n) is 0.976. The third kappa shape index (κ3) is 9.48. The fraction of sp³-hybridized carbons (Fsp3) is 0.900. The number of aliphatic hydroxyl groups excluding tert-OH is 1. The van der Waals surface area contributed by atoms with Crippen LogP contribution in [0.3, 0.4) is 0 Å². The summed E-state index contributed by atoms with van der Waals surface area (Å²) in [7, 11) is 0. The van der Waals surface area contributed by atoms with Crippen LogP contribution in [0.1, 0.15) is 32.6 Å². The van der Waals surface area contributed by atoms with Crippen molar-refractivity contribution in [2.45, 2.75) is 32.6 Å². The molecule has 0 unspecified atom stereocenters. The van der Waals surface area contributed by atoms with E-state index in [0.717, 1.165) is 19.4 Å². The molecule has 4 heteroatoms. The van der Waals surface area contributed by atoms with E-state index >= 15 is 0 Å². The molecule has 0 heterocycles. The van der Waals surface area contributed by atoms with Gasteiger partial charge in [-0.3, -0.25) is 4.79 Å². The van der Waals surface area contributed by atoms with Gasteiger partial charge >= 0.3 is 0 Å². The molecule has 0 aromatic rings. The first-order chi connectivity index (χ1) is 6.81. The highest BCUT2D eigenvalue weighted by atomic mass is 16.5. The van der Waals surface area contributed by atoms with Crippen LogP contribution < -0.4 is 5.32 Å². The Kier molecular flexibility index (Phi) is 10.0. The average molecular weight is 203 g/mol. The van der Waals surface area contributed by atoms with E-state index in [0.29, 0.717) is 26.0 Å². The van der Waals surface area contributed by atoms with Gasteiger partial charge in [-0.05, 0) is 19.3 Å². The molecule has 0 saturated heterocycles. The lowest BCUT2D eigenvalue weighted by Gasteiger charge is -2.04. The highest BCUT2D eigenvalue weighted by molar-refractivity contribution is 5.75. The van der Waals surface area contributed by atoms with Gasteiger partial charge < -0.3 is 15.2 Å². The highest BCUT2D eigenvalue weighted by Gasteiger charge is 1.98. The van der Waals surface area contributed by atoms with Gasteiger partial charge in [-0.2, -0.15) is 0 Å². The summed E-state index contributed by atoms with van der Waals surface area (Å²) >= 11 is 0. The van der Waals surface area contributed by atoms with Crippen molar-refractivity contribution in [1.82, 2.24) is 5.32 Å². The summed E-state index contributed by atoms with van der Waals surface area (Å²) in [5, 5.41) is 11.2. The van der Waals surface area contributed by atoms with Crippen LogP contribution in [0.2, 0.25) is 0 Å². The molecule has 0 fully saturated rings. The molecule has 1 amide bonds. The van der Waals surface area contributed by atoms with E-state index in [1.807, 2.05) is 0 Å². The van der Waals surface area contributed by atoms with Gasteiger partial charge in [0.05, 0.1) is 0 Å². The molecular weight excluding hydrogens is 182 g/mol. The van der Waals surface area contributed by atoms with Crippen LogP contribution in [-0.4, -0.2) is 37.4 Å². The van der Waals surface area contributed by atoms with Crippen molar-refractivity contribution >= 4 is 5.91 Å². The van der Waals surface area contributed by atoms with Crippen LogP contribution in [0.5, 0.6) is 0 Å². The minimum absolute atomic E-state index is 0.00883. The maximum absolute atomic E-state index is 11.0. The number of hydrogen-bond donors (Lipinski definition) is 2. The van der Waals surface area contributed by atoms with Gasteiger partial charge in [-0.25, -0.2) is 0 Å². The van der Waals surface area contributed by atoms with Crippen molar-refractivity contribution in [3.05, 3.63) is 0 Å². The first kappa shape index (κ1) is 13.4. The van der Waals surface area contributed by atoms with Gasteiger partial charge in [0.25, 0.3) is 0 Å². The minimum atomic E-state index is 0.00883. The Balaban J connectivity index is 3.07. The van der Waals surface area contributed by atoms with E-state index in [9.17, 15) is 4.79 Å². The SMILES string of the molecule is CCCOCCCNC(=O)CCCO. The standard InChI is InChI=1S/C10H21NO3/c1-2-8-14-9-4-6-11-10(13)5-3-7-12/h12H,2-9H2,1H3,(H,11,13). The van der Waals surface area contributed by atoms with Crippen molar-refractivity contribution in [3.8, 4) is 0 Å². The van der Waals surface area contributed by atoms with Gasteiger partial charge in [0, 0.05) is 32.8 Å². The Morgan fingerprint density at radius 2 is 2.14 bits per heavy atom. The van der Waals surface area contributed by atoms with Gasteiger partial charge in [0.15, 0.2) is 0 Å². The third-order valence-electron chi connectivity index (χ3n) is 1.70. The molecule has 0 radical (unpaired) electrons. The number of aliphatic hydroxyl groups is 1. The maximum Gasteiger partial charge on any atom is 0.220 e. The van der Waals surface area contributed by atoms with Gasteiger partial charge in [0.2, 0.25) is 5.91 Å². The lowest BCUT2D eigenvalue weighted by Crippen LogP contribution is -2.25. The molecule has 4 nitrogen and oxygen atoms in total. The summed E-state index contributed by atoms with van der Waals surface area (Å²) in [5.41, 5.74) is 0. The first-order valence-electron chi connectivity index (χ1n) is 5.26. The number of amides is 1. The number of carbonyl (C=O) groups excluding carboxylic acids is 1. The molecule has 0 atom stereocenters. The molecule has 0 saturated carbocycles. The Morgan fingerprint density at radius 3 is 2.79 bits per heavy atom. The largest absolute Gasteiger partial charge is 0.396 e. The normalized spacial score (nSPS) is 10.1. The number of rotatable bonds is 9. The van der Waals surface area contributed by atoms with E-state index in [4.69, 9.17) is 9.84 Å². The molecule has 0 bridgehead atoms. The molecule has 0 aromatic carbocycles. The molecule has 84 valence electrons. The summed E-state index contributed by atoms with van der Waals surface area (Å²) in [4.78, 5) is 11.0. The van der Waals surface area contributed by atoms with E-state index < -0.39 is 0 Å². The predicted molar refractivity (Wildman–Crippen MR) is 55.1 cm³/mol. The summed E-state index contributed by atoms with van der Waals surface area (Å²) in [6.07, 6.45) is 2.83. The number of hydrogen-bond acceptors (Lipinski definition) is 3. The molecule has 2 N–H and O–H groups in total. The van der Waals surface area contributed by atoms with Gasteiger partial charge in [-0.1, -0.05) is 6.92 Å². The van der Waals surface area contributed by atoms with E-state index in [1.165, 1.54) is 0 Å². The number of ether oxygens (including phenoxy) is 1. The maximum atomic E-state index is 11.0. The molecule has 0 aliphatic carbocycles. The van der Waals surface area contributed by atoms with Crippen molar-refractivity contribution in [2.24, 2.45) is 0 Å². The van der Waals surface area contributed by atoms with Crippen molar-refractivity contribution in [3.63, 3.8) is 0 Å². The quantitative estimate of drug-likeness (QED) is 0.542. The summed E-state index contributed by atoms with van der Waals surface area (Å²) in [6.45, 7) is 4.30. The van der Waals surface area contributed by atoms with Crippen LogP contribution in [0.15, 0.2) is 0 Å². The Labute approximate surface area is 85.6 Å². The summed E-state index contributed by atoms with van der Waals surface area (Å²) < 4.78 is 5.25. The van der Waals surface area contributed by atoms with E-state index in [-0.39, 0.29) is 12.5 Å². The van der Waals surface area contributed by atoms with Gasteiger partial charge in [0.1, 0.15) is 0 Å². The van der Waals surface area contributed by atoms with Crippen LogP contribution >= 0.6 is 0 Å². The Morgan fingerprint density at radius 1 is 1.36 bits per heavy atom. The molecule has 0 aliphatic heterocycles. The van der Waals surface area contributed by atoms with Crippen LogP contribution in [0.4, 0.5) is 0 Å². The topological polar surface area (TPSA) is 58.6 Å². The zero-order chi connectivity index (χ0) is 10.6. The van der Waals surface area contributed by atoms with Crippen LogP contribution in [0, 0.1) is 0 Å². The second-order valence-corrected chi connectivity index (χ2v) is 3.14. The zero-order valence-electron chi connectivity index (χ0n) is 8.92. The van der Waals surface area contributed by atoms with Crippen LogP contribution in [-0.2, 0) is 9.53 Å². The fourth-order valence-corrected chi connectivity index (χ4v) is 0.976.